The van der Waals surface area contributed by atoms with Gasteiger partial charge in [0.05, 0.1) is 0 Å². The van der Waals surface area contributed by atoms with Crippen molar-refractivity contribution in [1.82, 2.24) is 9.88 Å². The van der Waals surface area contributed by atoms with Gasteiger partial charge in [0.15, 0.2) is 0 Å². The van der Waals surface area contributed by atoms with E-state index in [9.17, 15) is 0 Å². The zero-order valence-electron chi connectivity index (χ0n) is 12.5. The van der Waals surface area contributed by atoms with Crippen molar-refractivity contribution in [3.8, 4) is 0 Å². The summed E-state index contributed by atoms with van der Waals surface area (Å²) < 4.78 is 0. The van der Waals surface area contributed by atoms with E-state index < -0.39 is 0 Å². The third-order valence-electron chi connectivity index (χ3n) is 3.47. The highest BCUT2D eigenvalue weighted by Crippen LogP contribution is 2.16. The summed E-state index contributed by atoms with van der Waals surface area (Å²) in [7, 11) is 2.11. The molecule has 0 spiro atoms. The van der Waals surface area contributed by atoms with Crippen molar-refractivity contribution in [3.05, 3.63) is 23.9 Å². The van der Waals surface area contributed by atoms with Gasteiger partial charge in [-0.3, -0.25) is 0 Å². The molecular weight excluding hydrogens is 222 g/mol. The Labute approximate surface area is 112 Å². The van der Waals surface area contributed by atoms with Gasteiger partial charge in [-0.1, -0.05) is 33.8 Å². The summed E-state index contributed by atoms with van der Waals surface area (Å²) in [5, 5.41) is 0. The van der Waals surface area contributed by atoms with Crippen LogP contribution in [-0.4, -0.2) is 43.1 Å². The maximum absolute atomic E-state index is 4.54. The van der Waals surface area contributed by atoms with Crippen molar-refractivity contribution in [3.63, 3.8) is 0 Å². The molecule has 1 heterocycles. The first-order valence-electron chi connectivity index (χ1n) is 6.97. The number of likely N-dealkylation sites (N-methyl/N-ethyl adjacent to an activating group) is 2. The summed E-state index contributed by atoms with van der Waals surface area (Å²) >= 11 is 0. The van der Waals surface area contributed by atoms with Gasteiger partial charge in [0.1, 0.15) is 5.82 Å². The molecule has 0 aliphatic carbocycles. The first-order valence-corrected chi connectivity index (χ1v) is 6.97. The molecule has 3 nitrogen and oxygen atoms in total. The van der Waals surface area contributed by atoms with Crippen molar-refractivity contribution < 1.29 is 0 Å². The minimum Gasteiger partial charge on any atom is -0.358 e. The Kier molecular flexibility index (Phi) is 6.13. The molecule has 1 aromatic heterocycles. The average Bonchev–Trinajstić information content (AvgIpc) is 2.39. The molecule has 0 aliphatic heterocycles. The largest absolute Gasteiger partial charge is 0.358 e. The van der Waals surface area contributed by atoms with Crippen LogP contribution in [0.1, 0.15) is 39.2 Å². The van der Waals surface area contributed by atoms with Crippen LogP contribution in [0.3, 0.4) is 0 Å². The molecule has 18 heavy (non-hydrogen) atoms. The van der Waals surface area contributed by atoms with E-state index in [0.717, 1.165) is 32.0 Å². The van der Waals surface area contributed by atoms with Crippen LogP contribution in [0.15, 0.2) is 18.3 Å². The SMILES string of the molecule is CCN(CC)CCN(C)c1ccc(C(C)C)cn1. The van der Waals surface area contributed by atoms with Crippen LogP contribution in [0.5, 0.6) is 0 Å². The quantitative estimate of drug-likeness (QED) is 0.740. The number of aromatic nitrogens is 1. The summed E-state index contributed by atoms with van der Waals surface area (Å²) in [6.07, 6.45) is 1.99. The van der Waals surface area contributed by atoms with Crippen LogP contribution in [0, 0.1) is 0 Å². The molecule has 102 valence electrons. The summed E-state index contributed by atoms with van der Waals surface area (Å²) in [6.45, 7) is 13.2. The van der Waals surface area contributed by atoms with Crippen LogP contribution in [0.4, 0.5) is 5.82 Å². The molecule has 0 unspecified atom stereocenters. The number of rotatable bonds is 7. The van der Waals surface area contributed by atoms with Crippen LogP contribution < -0.4 is 4.90 Å². The van der Waals surface area contributed by atoms with Gasteiger partial charge >= 0.3 is 0 Å². The van der Waals surface area contributed by atoms with Crippen LogP contribution >= 0.6 is 0 Å². The predicted octanol–water partition coefficient (Wildman–Crippen LogP) is 2.98. The third-order valence-corrected chi connectivity index (χ3v) is 3.47. The molecule has 0 fully saturated rings. The van der Waals surface area contributed by atoms with Crippen molar-refractivity contribution >= 4 is 5.82 Å². The Morgan fingerprint density at radius 1 is 1.11 bits per heavy atom. The maximum atomic E-state index is 4.54. The molecule has 1 aromatic rings. The molecule has 0 N–H and O–H groups in total. The molecule has 0 amide bonds. The summed E-state index contributed by atoms with van der Waals surface area (Å²) in [4.78, 5) is 9.19. The van der Waals surface area contributed by atoms with Gasteiger partial charge < -0.3 is 9.80 Å². The number of pyridine rings is 1. The molecule has 0 aromatic carbocycles. The molecule has 0 radical (unpaired) electrons. The molecule has 0 bridgehead atoms. The van der Waals surface area contributed by atoms with Gasteiger partial charge in [-0.05, 0) is 30.6 Å². The van der Waals surface area contributed by atoms with Gasteiger partial charge in [0.2, 0.25) is 0 Å². The Morgan fingerprint density at radius 3 is 2.22 bits per heavy atom. The zero-order chi connectivity index (χ0) is 13.5. The molecule has 3 heteroatoms. The van der Waals surface area contributed by atoms with Crippen molar-refractivity contribution in [1.29, 1.82) is 0 Å². The van der Waals surface area contributed by atoms with Gasteiger partial charge in [-0.2, -0.15) is 0 Å². The normalized spacial score (nSPS) is 11.3. The van der Waals surface area contributed by atoms with Gasteiger partial charge in [-0.25, -0.2) is 4.98 Å². The number of hydrogen-bond acceptors (Lipinski definition) is 3. The Balaban J connectivity index is 2.53. The van der Waals surface area contributed by atoms with Crippen molar-refractivity contribution in [2.24, 2.45) is 0 Å². The predicted molar refractivity (Wildman–Crippen MR) is 79.4 cm³/mol. The standard InChI is InChI=1S/C15H27N3/c1-6-18(7-2)11-10-17(5)15-9-8-14(12-16-15)13(3)4/h8-9,12-13H,6-7,10-11H2,1-5H3. The van der Waals surface area contributed by atoms with E-state index in [1.165, 1.54) is 5.56 Å². The lowest BCUT2D eigenvalue weighted by Gasteiger charge is -2.24. The van der Waals surface area contributed by atoms with E-state index in [1.54, 1.807) is 0 Å². The highest BCUT2D eigenvalue weighted by atomic mass is 15.2. The molecule has 0 atom stereocenters. The fourth-order valence-electron chi connectivity index (χ4n) is 1.91. The zero-order valence-corrected chi connectivity index (χ0v) is 12.5. The lowest BCUT2D eigenvalue weighted by atomic mass is 10.1. The molecule has 0 saturated carbocycles. The maximum Gasteiger partial charge on any atom is 0.128 e. The van der Waals surface area contributed by atoms with E-state index >= 15 is 0 Å². The monoisotopic (exact) mass is 249 g/mol. The fourth-order valence-corrected chi connectivity index (χ4v) is 1.91. The molecular formula is C15H27N3. The highest BCUT2D eigenvalue weighted by Gasteiger charge is 2.06. The number of hydrogen-bond donors (Lipinski definition) is 0. The lowest BCUT2D eigenvalue weighted by Crippen LogP contribution is -2.33. The van der Waals surface area contributed by atoms with E-state index in [0.29, 0.717) is 5.92 Å². The molecule has 1 rings (SSSR count). The number of anilines is 1. The van der Waals surface area contributed by atoms with E-state index in [-0.39, 0.29) is 0 Å². The summed E-state index contributed by atoms with van der Waals surface area (Å²) in [5.74, 6) is 1.61. The van der Waals surface area contributed by atoms with Crippen LogP contribution in [0.2, 0.25) is 0 Å². The molecule has 0 aliphatic rings. The lowest BCUT2D eigenvalue weighted by molar-refractivity contribution is 0.311. The van der Waals surface area contributed by atoms with Gasteiger partial charge in [-0.15, -0.1) is 0 Å². The van der Waals surface area contributed by atoms with E-state index in [4.69, 9.17) is 0 Å². The minimum atomic E-state index is 0.549. The Hall–Kier alpha value is -1.09. The Morgan fingerprint density at radius 2 is 1.78 bits per heavy atom. The smallest absolute Gasteiger partial charge is 0.128 e. The minimum absolute atomic E-state index is 0.549. The molecule has 0 saturated heterocycles. The van der Waals surface area contributed by atoms with E-state index in [1.807, 2.05) is 6.20 Å². The van der Waals surface area contributed by atoms with Gasteiger partial charge in [0, 0.05) is 26.3 Å². The third kappa shape index (κ3) is 4.30. The first kappa shape index (κ1) is 15.0. The van der Waals surface area contributed by atoms with Crippen LogP contribution in [0.25, 0.3) is 0 Å². The van der Waals surface area contributed by atoms with Crippen LogP contribution in [-0.2, 0) is 0 Å². The van der Waals surface area contributed by atoms with E-state index in [2.05, 4.69) is 61.7 Å². The fraction of sp³-hybridized carbons (Fsp3) is 0.667. The topological polar surface area (TPSA) is 19.4 Å². The van der Waals surface area contributed by atoms with Crippen molar-refractivity contribution in [2.45, 2.75) is 33.6 Å². The summed E-state index contributed by atoms with van der Waals surface area (Å²) in [5.41, 5.74) is 1.30. The number of nitrogens with zero attached hydrogens (tertiary/aromatic N) is 3. The second-order valence-electron chi connectivity index (χ2n) is 5.05. The van der Waals surface area contributed by atoms with Gasteiger partial charge in [0.25, 0.3) is 0 Å². The second-order valence-corrected chi connectivity index (χ2v) is 5.05. The second kappa shape index (κ2) is 7.37. The highest BCUT2D eigenvalue weighted by molar-refractivity contribution is 5.38. The Bertz CT molecular complexity index is 328. The summed E-state index contributed by atoms with van der Waals surface area (Å²) in [6, 6.07) is 4.30. The van der Waals surface area contributed by atoms with Crippen molar-refractivity contribution in [2.75, 3.05) is 38.1 Å². The average molecular weight is 249 g/mol. The first-order chi connectivity index (χ1) is 8.58.